The third kappa shape index (κ3) is 2.38. The Kier molecular flexibility index (Phi) is 3.67. The number of hydrogen-bond acceptors (Lipinski definition) is 2. The highest BCUT2D eigenvalue weighted by molar-refractivity contribution is 5.83. The summed E-state index contributed by atoms with van der Waals surface area (Å²) in [5.41, 5.74) is 2.21. The molecule has 2 atom stereocenters. The molecule has 1 aromatic heterocycles. The van der Waals surface area contributed by atoms with Crippen LogP contribution in [-0.4, -0.2) is 23.1 Å². The SMILES string of the molecule is CNC(c1c[nH]c2ccccc12)C(C)CC(=O)O. The summed E-state index contributed by atoms with van der Waals surface area (Å²) in [4.78, 5) is 14.1. The van der Waals surface area contributed by atoms with E-state index in [1.807, 2.05) is 38.4 Å². The van der Waals surface area contributed by atoms with Crippen LogP contribution in [-0.2, 0) is 4.79 Å². The van der Waals surface area contributed by atoms with Gasteiger partial charge in [-0.05, 0) is 24.6 Å². The van der Waals surface area contributed by atoms with Crippen molar-refractivity contribution in [2.24, 2.45) is 5.92 Å². The number of H-pyrrole nitrogens is 1. The summed E-state index contributed by atoms with van der Waals surface area (Å²) < 4.78 is 0. The van der Waals surface area contributed by atoms with Crippen molar-refractivity contribution in [3.63, 3.8) is 0 Å². The van der Waals surface area contributed by atoms with Crippen molar-refractivity contribution in [1.29, 1.82) is 0 Å². The van der Waals surface area contributed by atoms with Gasteiger partial charge in [0, 0.05) is 29.6 Å². The van der Waals surface area contributed by atoms with Crippen LogP contribution in [0.3, 0.4) is 0 Å². The third-order valence-electron chi connectivity index (χ3n) is 3.33. The van der Waals surface area contributed by atoms with Crippen LogP contribution in [0.2, 0.25) is 0 Å². The van der Waals surface area contributed by atoms with Crippen molar-refractivity contribution >= 4 is 16.9 Å². The number of carboxylic acids is 1. The third-order valence-corrected chi connectivity index (χ3v) is 3.33. The highest BCUT2D eigenvalue weighted by Gasteiger charge is 2.22. The van der Waals surface area contributed by atoms with Gasteiger partial charge in [-0.1, -0.05) is 25.1 Å². The van der Waals surface area contributed by atoms with E-state index >= 15 is 0 Å². The second-order valence-corrected chi connectivity index (χ2v) is 4.63. The first-order valence-electron chi connectivity index (χ1n) is 6.08. The molecule has 0 amide bonds. The molecular weight excluding hydrogens is 228 g/mol. The first-order valence-corrected chi connectivity index (χ1v) is 6.08. The van der Waals surface area contributed by atoms with E-state index in [1.165, 1.54) is 0 Å². The maximum Gasteiger partial charge on any atom is 0.303 e. The lowest BCUT2D eigenvalue weighted by molar-refractivity contribution is -0.138. The number of rotatable bonds is 5. The van der Waals surface area contributed by atoms with Gasteiger partial charge < -0.3 is 15.4 Å². The number of aromatic nitrogens is 1. The molecule has 4 heteroatoms. The maximum atomic E-state index is 10.8. The predicted octanol–water partition coefficient (Wildman–Crippen LogP) is 2.54. The summed E-state index contributed by atoms with van der Waals surface area (Å²) in [5.74, 6) is -0.728. The second kappa shape index (κ2) is 5.23. The minimum Gasteiger partial charge on any atom is -0.481 e. The van der Waals surface area contributed by atoms with Gasteiger partial charge in [0.2, 0.25) is 0 Å². The van der Waals surface area contributed by atoms with E-state index in [1.54, 1.807) is 0 Å². The summed E-state index contributed by atoms with van der Waals surface area (Å²) >= 11 is 0. The molecule has 2 aromatic rings. The molecule has 0 saturated heterocycles. The molecule has 1 aromatic carbocycles. The molecule has 0 aliphatic heterocycles. The van der Waals surface area contributed by atoms with Crippen LogP contribution in [0.1, 0.15) is 24.9 Å². The van der Waals surface area contributed by atoms with Crippen LogP contribution in [0.25, 0.3) is 10.9 Å². The Morgan fingerprint density at radius 3 is 2.83 bits per heavy atom. The fraction of sp³-hybridized carbons (Fsp3) is 0.357. The summed E-state index contributed by atoms with van der Waals surface area (Å²) in [6.45, 7) is 1.96. The van der Waals surface area contributed by atoms with Crippen molar-refractivity contribution in [2.75, 3.05) is 7.05 Å². The Bertz CT molecular complexity index is 547. The molecular formula is C14H18N2O2. The Labute approximate surface area is 106 Å². The Morgan fingerprint density at radius 2 is 2.17 bits per heavy atom. The molecule has 0 radical (unpaired) electrons. The standard InChI is InChI=1S/C14H18N2O2/c1-9(7-13(17)18)14(15-2)11-8-16-12-6-4-3-5-10(11)12/h3-6,8-9,14-16H,7H2,1-2H3,(H,17,18). The van der Waals surface area contributed by atoms with Crippen LogP contribution in [0.5, 0.6) is 0 Å². The van der Waals surface area contributed by atoms with E-state index in [2.05, 4.69) is 16.4 Å². The molecule has 2 rings (SSSR count). The number of aliphatic carboxylic acids is 1. The number of nitrogens with one attached hydrogen (secondary N) is 2. The monoisotopic (exact) mass is 246 g/mol. The van der Waals surface area contributed by atoms with Crippen LogP contribution < -0.4 is 5.32 Å². The van der Waals surface area contributed by atoms with Crippen molar-refractivity contribution in [3.05, 3.63) is 36.0 Å². The van der Waals surface area contributed by atoms with Gasteiger partial charge in [0.15, 0.2) is 0 Å². The minimum atomic E-state index is -0.761. The molecule has 96 valence electrons. The summed E-state index contributed by atoms with van der Waals surface area (Å²) in [5, 5.41) is 13.3. The van der Waals surface area contributed by atoms with Gasteiger partial charge in [-0.3, -0.25) is 4.79 Å². The van der Waals surface area contributed by atoms with Crippen molar-refractivity contribution in [2.45, 2.75) is 19.4 Å². The Hall–Kier alpha value is -1.81. The Balaban J connectivity index is 2.35. The first-order chi connectivity index (χ1) is 8.63. The topological polar surface area (TPSA) is 65.1 Å². The molecule has 0 aliphatic rings. The lowest BCUT2D eigenvalue weighted by atomic mass is 9.92. The molecule has 0 bridgehead atoms. The van der Waals surface area contributed by atoms with Gasteiger partial charge >= 0.3 is 5.97 Å². The van der Waals surface area contributed by atoms with Crippen LogP contribution in [0.15, 0.2) is 30.5 Å². The van der Waals surface area contributed by atoms with Gasteiger partial charge in [0.25, 0.3) is 0 Å². The fourth-order valence-corrected chi connectivity index (χ4v) is 2.49. The van der Waals surface area contributed by atoms with E-state index < -0.39 is 5.97 Å². The summed E-state index contributed by atoms with van der Waals surface area (Å²) in [7, 11) is 1.87. The van der Waals surface area contributed by atoms with Gasteiger partial charge in [-0.15, -0.1) is 0 Å². The molecule has 0 saturated carbocycles. The zero-order valence-corrected chi connectivity index (χ0v) is 10.6. The van der Waals surface area contributed by atoms with Gasteiger partial charge in [-0.2, -0.15) is 0 Å². The summed E-state index contributed by atoms with van der Waals surface area (Å²) in [6.07, 6.45) is 2.12. The minimum absolute atomic E-state index is 0.0340. The second-order valence-electron chi connectivity index (χ2n) is 4.63. The maximum absolute atomic E-state index is 10.8. The van der Waals surface area contributed by atoms with E-state index in [0.717, 1.165) is 16.5 Å². The van der Waals surface area contributed by atoms with E-state index in [4.69, 9.17) is 5.11 Å². The highest BCUT2D eigenvalue weighted by Crippen LogP contribution is 2.30. The van der Waals surface area contributed by atoms with Crippen LogP contribution in [0, 0.1) is 5.92 Å². The smallest absolute Gasteiger partial charge is 0.303 e. The predicted molar refractivity (Wildman–Crippen MR) is 71.5 cm³/mol. The molecule has 4 nitrogen and oxygen atoms in total. The van der Waals surface area contributed by atoms with Crippen LogP contribution >= 0.6 is 0 Å². The normalized spacial score (nSPS) is 14.6. The van der Waals surface area contributed by atoms with E-state index in [0.29, 0.717) is 0 Å². The lowest BCUT2D eigenvalue weighted by Crippen LogP contribution is -2.25. The van der Waals surface area contributed by atoms with Crippen LogP contribution in [0.4, 0.5) is 0 Å². The molecule has 18 heavy (non-hydrogen) atoms. The number of hydrogen-bond donors (Lipinski definition) is 3. The first kappa shape index (κ1) is 12.6. The number of carbonyl (C=O) groups is 1. The van der Waals surface area contributed by atoms with Crippen molar-refractivity contribution in [1.82, 2.24) is 10.3 Å². The summed E-state index contributed by atoms with van der Waals surface area (Å²) in [6, 6.07) is 8.09. The lowest BCUT2D eigenvalue weighted by Gasteiger charge is -2.22. The van der Waals surface area contributed by atoms with Crippen molar-refractivity contribution < 1.29 is 9.90 Å². The number of benzene rings is 1. The van der Waals surface area contributed by atoms with E-state index in [-0.39, 0.29) is 18.4 Å². The average molecular weight is 246 g/mol. The molecule has 0 aliphatic carbocycles. The molecule has 2 unspecified atom stereocenters. The molecule has 0 fully saturated rings. The van der Waals surface area contributed by atoms with E-state index in [9.17, 15) is 4.79 Å². The number of aromatic amines is 1. The largest absolute Gasteiger partial charge is 0.481 e. The molecule has 0 spiro atoms. The zero-order chi connectivity index (χ0) is 13.1. The fourth-order valence-electron chi connectivity index (χ4n) is 2.49. The highest BCUT2D eigenvalue weighted by atomic mass is 16.4. The number of fused-ring (bicyclic) bond motifs is 1. The van der Waals surface area contributed by atoms with Gasteiger partial charge in [0.05, 0.1) is 0 Å². The average Bonchev–Trinajstić information content (AvgIpc) is 2.73. The van der Waals surface area contributed by atoms with Gasteiger partial charge in [-0.25, -0.2) is 0 Å². The molecule has 3 N–H and O–H groups in total. The number of para-hydroxylation sites is 1. The zero-order valence-electron chi connectivity index (χ0n) is 10.6. The van der Waals surface area contributed by atoms with Gasteiger partial charge in [0.1, 0.15) is 0 Å². The quantitative estimate of drug-likeness (QED) is 0.759. The molecule has 1 heterocycles. The Morgan fingerprint density at radius 1 is 1.44 bits per heavy atom. The number of carboxylic acid groups (broad SMARTS) is 1. The van der Waals surface area contributed by atoms with Crippen molar-refractivity contribution in [3.8, 4) is 0 Å².